The Balaban J connectivity index is 1.82. The van der Waals surface area contributed by atoms with Crippen molar-refractivity contribution in [1.29, 1.82) is 0 Å². The molecule has 1 aliphatic rings. The van der Waals surface area contributed by atoms with Crippen LogP contribution in [0.2, 0.25) is 0 Å². The monoisotopic (exact) mass is 293 g/mol. The van der Waals surface area contributed by atoms with Gasteiger partial charge in [0.05, 0.1) is 13.0 Å². The largest absolute Gasteiger partial charge is 0.480 e. The minimum absolute atomic E-state index is 0.248. The summed E-state index contributed by atoms with van der Waals surface area (Å²) >= 11 is 1.88. The number of methoxy groups -OCH3 is 1. The van der Waals surface area contributed by atoms with Gasteiger partial charge in [-0.1, -0.05) is 5.16 Å². The lowest BCUT2D eigenvalue weighted by Crippen LogP contribution is -2.31. The highest BCUT2D eigenvalue weighted by molar-refractivity contribution is 7.99. The van der Waals surface area contributed by atoms with Gasteiger partial charge in [-0.2, -0.15) is 16.7 Å². The Labute approximate surface area is 120 Å². The molecule has 0 spiro atoms. The lowest BCUT2D eigenvalue weighted by Gasteiger charge is -2.13. The number of nitrogens with zero attached hydrogens (tertiary/aromatic N) is 4. The second-order valence-electron chi connectivity index (χ2n) is 4.46. The molecule has 2 atom stereocenters. The highest BCUT2D eigenvalue weighted by atomic mass is 32.2. The Hall–Kier alpha value is -1.67. The Bertz CT molecular complexity index is 573. The first-order chi connectivity index (χ1) is 9.81. The number of hydrogen-bond acceptors (Lipinski definition) is 8. The molecule has 8 heteroatoms. The zero-order chi connectivity index (χ0) is 13.9. The SMILES string of the molecule is CNC1CSCC1c1nc(-c2ccc(OC)nn2)no1. The molecule has 3 heterocycles. The smallest absolute Gasteiger partial charge is 0.233 e. The van der Waals surface area contributed by atoms with Crippen LogP contribution >= 0.6 is 11.8 Å². The summed E-state index contributed by atoms with van der Waals surface area (Å²) in [5.74, 6) is 3.86. The van der Waals surface area contributed by atoms with E-state index in [0.717, 1.165) is 11.5 Å². The summed E-state index contributed by atoms with van der Waals surface area (Å²) in [7, 11) is 3.50. The normalized spacial score (nSPS) is 22.1. The van der Waals surface area contributed by atoms with E-state index >= 15 is 0 Å². The van der Waals surface area contributed by atoms with Gasteiger partial charge < -0.3 is 14.6 Å². The standard InChI is InChI=1S/C12H15N5O2S/c1-13-9-6-20-5-7(9)12-14-11(17-19-12)8-3-4-10(18-2)16-15-8/h3-4,7,9,13H,5-6H2,1-2H3. The second-order valence-corrected chi connectivity index (χ2v) is 5.53. The molecule has 1 aliphatic heterocycles. The van der Waals surface area contributed by atoms with Crippen LogP contribution in [0.15, 0.2) is 16.7 Å². The molecule has 2 aromatic heterocycles. The van der Waals surface area contributed by atoms with Gasteiger partial charge in [0.1, 0.15) is 5.69 Å². The summed E-state index contributed by atoms with van der Waals surface area (Å²) in [5, 5.41) is 15.2. The first-order valence-electron chi connectivity index (χ1n) is 6.28. The molecule has 0 saturated carbocycles. The van der Waals surface area contributed by atoms with Gasteiger partial charge in [0.15, 0.2) is 0 Å². The molecule has 2 aromatic rings. The van der Waals surface area contributed by atoms with Crippen LogP contribution in [0, 0.1) is 0 Å². The fraction of sp³-hybridized carbons (Fsp3) is 0.500. The third-order valence-electron chi connectivity index (χ3n) is 3.29. The minimum atomic E-state index is 0.248. The number of nitrogens with one attached hydrogen (secondary N) is 1. The minimum Gasteiger partial charge on any atom is -0.480 e. The summed E-state index contributed by atoms with van der Waals surface area (Å²) < 4.78 is 10.3. The molecule has 3 rings (SSSR count). The summed E-state index contributed by atoms with van der Waals surface area (Å²) in [6.07, 6.45) is 0. The van der Waals surface area contributed by atoms with Gasteiger partial charge in [0.25, 0.3) is 0 Å². The first-order valence-corrected chi connectivity index (χ1v) is 7.44. The van der Waals surface area contributed by atoms with E-state index in [-0.39, 0.29) is 5.92 Å². The topological polar surface area (TPSA) is 86.0 Å². The average molecular weight is 293 g/mol. The van der Waals surface area contributed by atoms with Gasteiger partial charge in [-0.25, -0.2) is 0 Å². The molecule has 0 radical (unpaired) electrons. The van der Waals surface area contributed by atoms with E-state index in [1.54, 1.807) is 19.2 Å². The van der Waals surface area contributed by atoms with Gasteiger partial charge in [-0.15, -0.1) is 10.2 Å². The molecule has 1 fully saturated rings. The van der Waals surface area contributed by atoms with Crippen molar-refractivity contribution in [2.45, 2.75) is 12.0 Å². The molecule has 0 amide bonds. The molecule has 0 aliphatic carbocycles. The van der Waals surface area contributed by atoms with Gasteiger partial charge in [0.2, 0.25) is 17.6 Å². The maximum Gasteiger partial charge on any atom is 0.233 e. The molecule has 0 aromatic carbocycles. The van der Waals surface area contributed by atoms with E-state index in [9.17, 15) is 0 Å². The molecule has 106 valence electrons. The maximum atomic E-state index is 5.38. The zero-order valence-electron chi connectivity index (χ0n) is 11.2. The lowest BCUT2D eigenvalue weighted by atomic mass is 10.0. The fourth-order valence-corrected chi connectivity index (χ4v) is 3.54. The highest BCUT2D eigenvalue weighted by Gasteiger charge is 2.32. The summed E-state index contributed by atoms with van der Waals surface area (Å²) in [6, 6.07) is 3.86. The number of hydrogen-bond donors (Lipinski definition) is 1. The number of thioether (sulfide) groups is 1. The van der Waals surface area contributed by atoms with Crippen LogP contribution in [-0.4, -0.2) is 52.0 Å². The van der Waals surface area contributed by atoms with Crippen LogP contribution in [0.4, 0.5) is 0 Å². The van der Waals surface area contributed by atoms with Crippen LogP contribution < -0.4 is 10.1 Å². The Kier molecular flexibility index (Phi) is 3.83. The zero-order valence-corrected chi connectivity index (χ0v) is 12.1. The molecular formula is C12H15N5O2S. The quantitative estimate of drug-likeness (QED) is 0.892. The second kappa shape index (κ2) is 5.76. The highest BCUT2D eigenvalue weighted by Crippen LogP contribution is 2.32. The molecular weight excluding hydrogens is 278 g/mol. The molecule has 2 unspecified atom stereocenters. The van der Waals surface area contributed by atoms with E-state index < -0.39 is 0 Å². The lowest BCUT2D eigenvalue weighted by molar-refractivity contribution is 0.343. The third-order valence-corrected chi connectivity index (χ3v) is 4.48. The van der Waals surface area contributed by atoms with Gasteiger partial charge in [-0.3, -0.25) is 0 Å². The van der Waals surface area contributed by atoms with Crippen molar-refractivity contribution in [1.82, 2.24) is 25.7 Å². The van der Waals surface area contributed by atoms with Gasteiger partial charge in [0, 0.05) is 23.6 Å². The summed E-state index contributed by atoms with van der Waals surface area (Å²) in [4.78, 5) is 4.44. The van der Waals surface area contributed by atoms with Crippen molar-refractivity contribution >= 4 is 11.8 Å². The van der Waals surface area contributed by atoms with E-state index in [1.807, 2.05) is 18.8 Å². The number of rotatable bonds is 4. The van der Waals surface area contributed by atoms with Crippen molar-refractivity contribution in [2.75, 3.05) is 25.7 Å². The maximum absolute atomic E-state index is 5.38. The van der Waals surface area contributed by atoms with E-state index in [0.29, 0.717) is 29.3 Å². The summed E-state index contributed by atoms with van der Waals surface area (Å²) in [6.45, 7) is 0. The van der Waals surface area contributed by atoms with E-state index in [1.165, 1.54) is 0 Å². The van der Waals surface area contributed by atoms with Crippen molar-refractivity contribution < 1.29 is 9.26 Å². The van der Waals surface area contributed by atoms with Crippen LogP contribution in [-0.2, 0) is 0 Å². The van der Waals surface area contributed by atoms with Crippen LogP contribution in [0.25, 0.3) is 11.5 Å². The van der Waals surface area contributed by atoms with Gasteiger partial charge >= 0.3 is 0 Å². The number of aromatic nitrogens is 4. The first kappa shape index (κ1) is 13.3. The molecule has 0 bridgehead atoms. The van der Waals surface area contributed by atoms with Crippen LogP contribution in [0.5, 0.6) is 5.88 Å². The fourth-order valence-electron chi connectivity index (χ4n) is 2.12. The third kappa shape index (κ3) is 2.48. The Morgan fingerprint density at radius 1 is 1.35 bits per heavy atom. The van der Waals surface area contributed by atoms with E-state index in [2.05, 4.69) is 25.7 Å². The molecule has 1 N–H and O–H groups in total. The Morgan fingerprint density at radius 3 is 2.95 bits per heavy atom. The van der Waals surface area contributed by atoms with Crippen molar-refractivity contribution in [2.24, 2.45) is 0 Å². The van der Waals surface area contributed by atoms with Crippen molar-refractivity contribution in [3.05, 3.63) is 18.0 Å². The molecule has 7 nitrogen and oxygen atoms in total. The number of likely N-dealkylation sites (N-methyl/N-ethyl adjacent to an activating group) is 1. The molecule has 20 heavy (non-hydrogen) atoms. The van der Waals surface area contributed by atoms with Gasteiger partial charge in [-0.05, 0) is 13.1 Å². The Morgan fingerprint density at radius 2 is 2.25 bits per heavy atom. The molecule has 1 saturated heterocycles. The summed E-state index contributed by atoms with van der Waals surface area (Å²) in [5.41, 5.74) is 0.576. The predicted molar refractivity (Wildman–Crippen MR) is 74.8 cm³/mol. The van der Waals surface area contributed by atoms with Crippen molar-refractivity contribution in [3.8, 4) is 17.4 Å². The average Bonchev–Trinajstić information content (AvgIpc) is 3.15. The van der Waals surface area contributed by atoms with Crippen LogP contribution in [0.1, 0.15) is 11.8 Å². The van der Waals surface area contributed by atoms with Crippen molar-refractivity contribution in [3.63, 3.8) is 0 Å². The number of ether oxygens (including phenoxy) is 1. The predicted octanol–water partition coefficient (Wildman–Crippen LogP) is 0.954. The van der Waals surface area contributed by atoms with E-state index in [4.69, 9.17) is 9.26 Å². The van der Waals surface area contributed by atoms with Crippen LogP contribution in [0.3, 0.4) is 0 Å².